The van der Waals surface area contributed by atoms with Crippen LogP contribution >= 0.6 is 0 Å². The number of fused-ring (bicyclic) bond motifs is 3. The lowest BCUT2D eigenvalue weighted by Crippen LogP contribution is -2.41. The summed E-state index contributed by atoms with van der Waals surface area (Å²) in [6, 6.07) is 22.4. The number of carbonyl (C=O) groups excluding carboxylic acids is 2. The summed E-state index contributed by atoms with van der Waals surface area (Å²) in [5.41, 5.74) is 6.48. The predicted molar refractivity (Wildman–Crippen MR) is 138 cm³/mol. The molecule has 0 heterocycles. The van der Waals surface area contributed by atoms with Gasteiger partial charge in [-0.1, -0.05) is 72.8 Å². The maximum Gasteiger partial charge on any atom is 0.408 e. The van der Waals surface area contributed by atoms with Crippen molar-refractivity contribution in [2.24, 2.45) is 0 Å². The Labute approximate surface area is 215 Å². The first kappa shape index (κ1) is 25.8. The Hall–Kier alpha value is -4.33. The van der Waals surface area contributed by atoms with E-state index in [0.717, 1.165) is 28.7 Å². The number of hydrogen-bond acceptors (Lipinski definition) is 5. The summed E-state index contributed by atoms with van der Waals surface area (Å²) in [6.07, 6.45) is 0.705. The molecule has 192 valence electrons. The molecule has 0 aliphatic heterocycles. The zero-order chi connectivity index (χ0) is 26.0. The van der Waals surface area contributed by atoms with Crippen molar-refractivity contribution in [3.63, 3.8) is 0 Å². The maximum atomic E-state index is 12.3. The molecule has 0 aromatic heterocycles. The zero-order valence-electron chi connectivity index (χ0n) is 20.4. The van der Waals surface area contributed by atoms with Gasteiger partial charge in [0.15, 0.2) is 0 Å². The molecule has 3 aromatic rings. The average Bonchev–Trinajstić information content (AvgIpc) is 3.30. The van der Waals surface area contributed by atoms with E-state index >= 15 is 0 Å². The molecule has 0 saturated carbocycles. The molecule has 1 aliphatic rings. The van der Waals surface area contributed by atoms with Gasteiger partial charge in [0.05, 0.1) is 0 Å². The second-order valence-electron chi connectivity index (χ2n) is 8.87. The summed E-state index contributed by atoms with van der Waals surface area (Å²) in [5.74, 6) is -1.14. The van der Waals surface area contributed by atoms with Crippen molar-refractivity contribution in [1.82, 2.24) is 10.6 Å². The number of carboxylic acids is 1. The molecular weight excluding hydrogens is 472 g/mol. The highest BCUT2D eigenvalue weighted by Gasteiger charge is 2.23. The van der Waals surface area contributed by atoms with Crippen LogP contribution in [0, 0.1) is 0 Å². The van der Waals surface area contributed by atoms with E-state index in [4.69, 9.17) is 9.47 Å². The monoisotopic (exact) mass is 502 g/mol. The number of aliphatic carboxylic acids is 1. The fraction of sp³-hybridized carbons (Fsp3) is 0.276. The van der Waals surface area contributed by atoms with Gasteiger partial charge >= 0.3 is 18.2 Å². The van der Waals surface area contributed by atoms with E-state index < -0.39 is 24.2 Å². The highest BCUT2D eigenvalue weighted by Crippen LogP contribution is 2.38. The SMILES string of the molecule is O=C(NCCCC[C@H](NC(=O)OCc1cccc2c1Cc1ccccc1-2)C(=O)O)OCc1ccccc1. The van der Waals surface area contributed by atoms with Crippen molar-refractivity contribution in [2.45, 2.75) is 44.9 Å². The van der Waals surface area contributed by atoms with Gasteiger partial charge in [0.2, 0.25) is 0 Å². The van der Waals surface area contributed by atoms with Crippen molar-refractivity contribution in [2.75, 3.05) is 6.54 Å². The van der Waals surface area contributed by atoms with Crippen molar-refractivity contribution < 1.29 is 29.0 Å². The van der Waals surface area contributed by atoms with Crippen LogP contribution in [-0.2, 0) is 33.9 Å². The summed E-state index contributed by atoms with van der Waals surface area (Å²) in [4.78, 5) is 35.8. The van der Waals surface area contributed by atoms with Crippen LogP contribution < -0.4 is 10.6 Å². The van der Waals surface area contributed by atoms with Gasteiger partial charge in [-0.25, -0.2) is 14.4 Å². The van der Waals surface area contributed by atoms with Crippen molar-refractivity contribution in [3.05, 3.63) is 95.1 Å². The van der Waals surface area contributed by atoms with E-state index in [1.165, 1.54) is 11.1 Å². The van der Waals surface area contributed by atoms with E-state index in [1.807, 2.05) is 54.6 Å². The number of carboxylic acid groups (broad SMARTS) is 1. The molecule has 2 amide bonds. The molecular formula is C29H30N2O6. The number of carbonyl (C=O) groups is 3. The molecule has 0 radical (unpaired) electrons. The molecule has 1 aliphatic carbocycles. The van der Waals surface area contributed by atoms with Crippen LogP contribution in [0.25, 0.3) is 11.1 Å². The first-order valence-electron chi connectivity index (χ1n) is 12.3. The predicted octanol–water partition coefficient (Wildman–Crippen LogP) is 5.03. The third-order valence-corrected chi connectivity index (χ3v) is 6.30. The van der Waals surface area contributed by atoms with Gasteiger partial charge in [-0.15, -0.1) is 0 Å². The largest absolute Gasteiger partial charge is 0.480 e. The van der Waals surface area contributed by atoms with E-state index in [9.17, 15) is 19.5 Å². The number of alkyl carbamates (subject to hydrolysis) is 2. The topological polar surface area (TPSA) is 114 Å². The summed E-state index contributed by atoms with van der Waals surface area (Å²) in [7, 11) is 0. The Morgan fingerprint density at radius 1 is 0.811 bits per heavy atom. The molecule has 0 unspecified atom stereocenters. The number of benzene rings is 3. The van der Waals surface area contributed by atoms with E-state index in [-0.39, 0.29) is 19.6 Å². The van der Waals surface area contributed by atoms with Crippen LogP contribution in [0.1, 0.15) is 41.5 Å². The molecule has 0 saturated heterocycles. The second-order valence-corrected chi connectivity index (χ2v) is 8.87. The smallest absolute Gasteiger partial charge is 0.408 e. The molecule has 3 N–H and O–H groups in total. The average molecular weight is 503 g/mol. The summed E-state index contributed by atoms with van der Waals surface area (Å²) >= 11 is 0. The molecule has 37 heavy (non-hydrogen) atoms. The maximum absolute atomic E-state index is 12.3. The molecule has 1 atom stereocenters. The molecule has 4 rings (SSSR count). The van der Waals surface area contributed by atoms with Crippen LogP contribution in [0.2, 0.25) is 0 Å². The number of unbranched alkanes of at least 4 members (excludes halogenated alkanes) is 1. The van der Waals surface area contributed by atoms with Crippen molar-refractivity contribution in [3.8, 4) is 11.1 Å². The lowest BCUT2D eigenvalue weighted by molar-refractivity contribution is -0.139. The number of amides is 2. The van der Waals surface area contributed by atoms with Crippen LogP contribution in [0.3, 0.4) is 0 Å². The van der Waals surface area contributed by atoms with E-state index in [2.05, 4.69) is 28.8 Å². The molecule has 0 spiro atoms. The standard InChI is InChI=1S/C29H30N2O6/c32-27(33)26(15-6-7-16-30-28(34)36-18-20-9-2-1-3-10-20)31-29(35)37-19-22-12-8-14-24-23-13-5-4-11-21(23)17-25(22)24/h1-5,8-14,26H,6-7,15-19H2,(H,30,34)(H,31,35)(H,32,33)/t26-/m0/s1. The third kappa shape index (κ3) is 7.10. The first-order valence-corrected chi connectivity index (χ1v) is 12.3. The second kappa shape index (κ2) is 12.6. The van der Waals surface area contributed by atoms with Gasteiger partial charge < -0.3 is 25.2 Å². The minimum Gasteiger partial charge on any atom is -0.480 e. The van der Waals surface area contributed by atoms with Gasteiger partial charge in [-0.2, -0.15) is 0 Å². The van der Waals surface area contributed by atoms with Crippen molar-refractivity contribution >= 4 is 18.2 Å². The van der Waals surface area contributed by atoms with Crippen LogP contribution in [0.4, 0.5) is 9.59 Å². The Kier molecular flexibility index (Phi) is 8.75. The minimum atomic E-state index is -1.14. The molecule has 3 aromatic carbocycles. The zero-order valence-corrected chi connectivity index (χ0v) is 20.4. The quantitative estimate of drug-likeness (QED) is 0.248. The van der Waals surface area contributed by atoms with E-state index in [0.29, 0.717) is 19.4 Å². The summed E-state index contributed by atoms with van der Waals surface area (Å²) in [5, 5.41) is 14.6. The molecule has 8 nitrogen and oxygen atoms in total. The molecule has 0 fully saturated rings. The van der Waals surface area contributed by atoms with Gasteiger partial charge in [-0.3, -0.25) is 0 Å². The Morgan fingerprint density at radius 2 is 1.54 bits per heavy atom. The highest BCUT2D eigenvalue weighted by molar-refractivity contribution is 5.80. The Balaban J connectivity index is 1.16. The van der Waals surface area contributed by atoms with Gasteiger partial charge in [-0.05, 0) is 59.1 Å². The fourth-order valence-electron chi connectivity index (χ4n) is 4.38. The number of ether oxygens (including phenoxy) is 2. The highest BCUT2D eigenvalue weighted by atomic mass is 16.6. The fourth-order valence-corrected chi connectivity index (χ4v) is 4.38. The molecule has 8 heteroatoms. The number of hydrogen-bond donors (Lipinski definition) is 3. The normalized spacial score (nSPS) is 12.1. The third-order valence-electron chi connectivity index (χ3n) is 6.30. The van der Waals surface area contributed by atoms with Crippen LogP contribution in [0.15, 0.2) is 72.8 Å². The summed E-state index contributed by atoms with van der Waals surface area (Å²) < 4.78 is 10.5. The number of rotatable bonds is 11. The van der Waals surface area contributed by atoms with Gasteiger partial charge in [0.1, 0.15) is 19.3 Å². The summed E-state index contributed by atoms with van der Waals surface area (Å²) in [6.45, 7) is 0.578. The van der Waals surface area contributed by atoms with Gasteiger partial charge in [0.25, 0.3) is 0 Å². The van der Waals surface area contributed by atoms with Crippen molar-refractivity contribution in [1.29, 1.82) is 0 Å². The lowest BCUT2D eigenvalue weighted by Gasteiger charge is -2.15. The minimum absolute atomic E-state index is 0.0599. The Morgan fingerprint density at radius 3 is 2.35 bits per heavy atom. The lowest BCUT2D eigenvalue weighted by atomic mass is 10.0. The van der Waals surface area contributed by atoms with Gasteiger partial charge in [0, 0.05) is 6.54 Å². The molecule has 0 bridgehead atoms. The van der Waals surface area contributed by atoms with Crippen LogP contribution in [-0.4, -0.2) is 35.8 Å². The van der Waals surface area contributed by atoms with E-state index in [1.54, 1.807) is 0 Å². The number of nitrogens with one attached hydrogen (secondary N) is 2. The first-order chi connectivity index (χ1) is 18.0. The van der Waals surface area contributed by atoms with Crippen LogP contribution in [0.5, 0.6) is 0 Å². The Bertz CT molecular complexity index is 1240.